The number of nitrogens with zero attached hydrogens (tertiary/aromatic N) is 1. The van der Waals surface area contributed by atoms with Gasteiger partial charge in [0.25, 0.3) is 0 Å². The van der Waals surface area contributed by atoms with E-state index in [9.17, 15) is 19.0 Å². The van der Waals surface area contributed by atoms with E-state index in [1.54, 1.807) is 0 Å². The molecule has 330 valence electrons. The number of hydrogen-bond acceptors (Lipinski definition) is 7. The van der Waals surface area contributed by atoms with Gasteiger partial charge < -0.3 is 18.9 Å². The van der Waals surface area contributed by atoms with Crippen LogP contribution in [0.5, 0.6) is 0 Å². The lowest BCUT2D eigenvalue weighted by Crippen LogP contribution is -2.37. The van der Waals surface area contributed by atoms with Crippen molar-refractivity contribution in [1.29, 1.82) is 0 Å². The summed E-state index contributed by atoms with van der Waals surface area (Å²) in [5.41, 5.74) is 0. The number of ether oxygens (including phenoxy) is 2. The van der Waals surface area contributed by atoms with E-state index in [4.69, 9.17) is 18.5 Å². The van der Waals surface area contributed by atoms with Crippen LogP contribution in [0.1, 0.15) is 142 Å². The minimum Gasteiger partial charge on any atom is -0.462 e. The maximum Gasteiger partial charge on any atom is 0.472 e. The zero-order valence-corrected chi connectivity index (χ0v) is 37.9. The predicted octanol–water partition coefficient (Wildman–Crippen LogP) is 12.6. The largest absolute Gasteiger partial charge is 0.472 e. The number of phosphoric ester groups is 1. The fourth-order valence-corrected chi connectivity index (χ4v) is 5.86. The molecule has 0 aromatic heterocycles. The molecule has 9 nitrogen and oxygen atoms in total. The number of carbonyl (C=O) groups excluding carboxylic acids is 2. The van der Waals surface area contributed by atoms with E-state index in [2.05, 4.69) is 98.9 Å². The molecule has 0 rings (SSSR count). The Hall–Kier alpha value is -3.07. The highest BCUT2D eigenvalue weighted by Crippen LogP contribution is 2.43. The second-order valence-corrected chi connectivity index (χ2v) is 16.8. The summed E-state index contributed by atoms with van der Waals surface area (Å²) in [5.74, 6) is -0.941. The SMILES string of the molecule is CCCCC/C=C\C/C=C\C/C=C\C/C=C\CCCC(=O)OC[C@H](COP(=O)(O)OCC[N+](C)(C)C)OC(=O)CCC/C=C\C/C=C\C/C=C\C/C=C\CCCCC. The number of phosphoric acid groups is 1. The van der Waals surface area contributed by atoms with E-state index in [1.165, 1.54) is 51.4 Å². The van der Waals surface area contributed by atoms with Gasteiger partial charge in [-0.15, -0.1) is 0 Å². The van der Waals surface area contributed by atoms with Crippen molar-refractivity contribution in [3.05, 3.63) is 97.2 Å². The average Bonchev–Trinajstić information content (AvgIpc) is 3.17. The van der Waals surface area contributed by atoms with E-state index in [0.29, 0.717) is 30.3 Å². The fraction of sp³-hybridized carbons (Fsp3) is 0.625. The van der Waals surface area contributed by atoms with Gasteiger partial charge in [0.15, 0.2) is 6.10 Å². The zero-order chi connectivity index (χ0) is 42.8. The minimum absolute atomic E-state index is 0.00758. The van der Waals surface area contributed by atoms with E-state index >= 15 is 0 Å². The van der Waals surface area contributed by atoms with E-state index in [-0.39, 0.29) is 26.1 Å². The normalized spacial score (nSPS) is 14.5. The highest BCUT2D eigenvalue weighted by molar-refractivity contribution is 7.47. The van der Waals surface area contributed by atoms with Crippen molar-refractivity contribution in [1.82, 2.24) is 0 Å². The van der Waals surface area contributed by atoms with Crippen LogP contribution in [0.4, 0.5) is 0 Å². The van der Waals surface area contributed by atoms with Gasteiger partial charge in [-0.25, -0.2) is 4.57 Å². The lowest BCUT2D eigenvalue weighted by atomic mass is 10.2. The summed E-state index contributed by atoms with van der Waals surface area (Å²) in [6.07, 6.45) is 51.8. The molecule has 0 spiro atoms. The zero-order valence-electron chi connectivity index (χ0n) is 37.0. The van der Waals surface area contributed by atoms with Gasteiger partial charge >= 0.3 is 19.8 Å². The Balaban J connectivity index is 4.58. The second-order valence-electron chi connectivity index (χ2n) is 15.4. The van der Waals surface area contributed by atoms with E-state index < -0.39 is 32.5 Å². The molecule has 1 N–H and O–H groups in total. The third-order valence-electron chi connectivity index (χ3n) is 8.59. The Morgan fingerprint density at radius 3 is 1.31 bits per heavy atom. The first-order valence-corrected chi connectivity index (χ1v) is 23.5. The van der Waals surface area contributed by atoms with Crippen LogP contribution in [0.15, 0.2) is 97.2 Å². The molecule has 0 heterocycles. The van der Waals surface area contributed by atoms with Crippen LogP contribution in [0.25, 0.3) is 0 Å². The topological polar surface area (TPSA) is 108 Å². The molecular formula is C48H81NO8P+. The molecule has 0 aliphatic carbocycles. The third-order valence-corrected chi connectivity index (χ3v) is 9.57. The third kappa shape index (κ3) is 42.5. The van der Waals surface area contributed by atoms with Crippen LogP contribution in [-0.4, -0.2) is 74.9 Å². The number of hydrogen-bond donors (Lipinski definition) is 1. The van der Waals surface area contributed by atoms with Gasteiger partial charge in [-0.2, -0.15) is 0 Å². The fourth-order valence-electron chi connectivity index (χ4n) is 5.11. The first-order chi connectivity index (χ1) is 28.0. The van der Waals surface area contributed by atoms with Crippen LogP contribution in [0, 0.1) is 0 Å². The van der Waals surface area contributed by atoms with Crippen LogP contribution in [-0.2, 0) is 32.7 Å². The predicted molar refractivity (Wildman–Crippen MR) is 242 cm³/mol. The Morgan fingerprint density at radius 1 is 0.534 bits per heavy atom. The molecule has 0 aromatic rings. The molecular weight excluding hydrogens is 750 g/mol. The number of rotatable bonds is 38. The Bertz CT molecular complexity index is 1300. The second kappa shape index (κ2) is 39.4. The Labute approximate surface area is 353 Å². The van der Waals surface area contributed by atoms with Gasteiger partial charge in [0.1, 0.15) is 19.8 Å². The summed E-state index contributed by atoms with van der Waals surface area (Å²) in [4.78, 5) is 35.3. The summed E-state index contributed by atoms with van der Waals surface area (Å²) in [5, 5.41) is 0. The molecule has 0 saturated carbocycles. The summed E-state index contributed by atoms with van der Waals surface area (Å²) in [7, 11) is 1.40. The standard InChI is InChI=1S/C48H80NO8P/c1-6-8-10-12-14-16-18-20-22-24-26-28-30-32-34-36-38-40-47(50)54-44-46(45-56-58(52,53)55-43-42-49(3,4)5)57-48(51)41-39-37-35-33-31-29-27-25-23-21-19-17-15-13-11-9-7-2/h14-17,20-23,26-29,32-35,46H,6-13,18-19,24-25,30-31,36-45H2,1-5H3/p+1/b16-14-,17-15-,22-20-,23-21-,28-26-,29-27-,34-32-,35-33-/t46-/m1/s1. The molecule has 0 aliphatic rings. The molecule has 0 aromatic carbocycles. The maximum atomic E-state index is 12.7. The molecule has 0 saturated heterocycles. The summed E-state index contributed by atoms with van der Waals surface area (Å²) >= 11 is 0. The monoisotopic (exact) mass is 831 g/mol. The molecule has 0 radical (unpaired) electrons. The van der Waals surface area contributed by atoms with Gasteiger partial charge in [-0.3, -0.25) is 18.6 Å². The molecule has 1 unspecified atom stereocenters. The lowest BCUT2D eigenvalue weighted by Gasteiger charge is -2.24. The molecule has 0 bridgehead atoms. The van der Waals surface area contributed by atoms with E-state index in [1.807, 2.05) is 33.3 Å². The quantitative estimate of drug-likeness (QED) is 0.0215. The summed E-state index contributed by atoms with van der Waals surface area (Å²) < 4.78 is 34.2. The smallest absolute Gasteiger partial charge is 0.462 e. The number of carbonyl (C=O) groups is 2. The highest BCUT2D eigenvalue weighted by atomic mass is 31.2. The van der Waals surface area contributed by atoms with Crippen LogP contribution >= 0.6 is 7.82 Å². The van der Waals surface area contributed by atoms with Gasteiger partial charge in [0.05, 0.1) is 27.7 Å². The first kappa shape index (κ1) is 54.9. The van der Waals surface area contributed by atoms with Crippen LogP contribution < -0.4 is 0 Å². The number of esters is 2. The molecule has 58 heavy (non-hydrogen) atoms. The maximum absolute atomic E-state index is 12.7. The van der Waals surface area contributed by atoms with Crippen molar-refractivity contribution >= 4 is 19.8 Å². The van der Waals surface area contributed by atoms with Crippen LogP contribution in [0.3, 0.4) is 0 Å². The average molecular weight is 831 g/mol. The molecule has 0 fully saturated rings. The van der Waals surface area contributed by atoms with Gasteiger partial charge in [-0.05, 0) is 89.9 Å². The summed E-state index contributed by atoms with van der Waals surface area (Å²) in [6, 6.07) is 0. The van der Waals surface area contributed by atoms with Gasteiger partial charge in [-0.1, -0.05) is 137 Å². The Kier molecular flexibility index (Phi) is 37.3. The number of unbranched alkanes of at least 4 members (excludes halogenated alkanes) is 8. The van der Waals surface area contributed by atoms with Crippen molar-refractivity contribution in [2.45, 2.75) is 148 Å². The minimum atomic E-state index is -4.41. The molecule has 10 heteroatoms. The van der Waals surface area contributed by atoms with Gasteiger partial charge in [0, 0.05) is 12.8 Å². The summed E-state index contributed by atoms with van der Waals surface area (Å²) in [6.45, 7) is 4.21. The Morgan fingerprint density at radius 2 is 0.914 bits per heavy atom. The van der Waals surface area contributed by atoms with Crippen molar-refractivity contribution in [2.75, 3.05) is 47.5 Å². The first-order valence-electron chi connectivity index (χ1n) is 22.0. The lowest BCUT2D eigenvalue weighted by molar-refractivity contribution is -0.870. The molecule has 0 aliphatic heterocycles. The van der Waals surface area contributed by atoms with Crippen molar-refractivity contribution in [3.8, 4) is 0 Å². The number of allylic oxidation sites excluding steroid dienone is 16. The molecule has 0 amide bonds. The van der Waals surface area contributed by atoms with Crippen molar-refractivity contribution < 1.29 is 42.1 Å². The molecule has 2 atom stereocenters. The van der Waals surface area contributed by atoms with Gasteiger partial charge in [0.2, 0.25) is 0 Å². The number of quaternary nitrogens is 1. The van der Waals surface area contributed by atoms with E-state index in [0.717, 1.165) is 44.9 Å². The number of likely N-dealkylation sites (N-methyl/N-ethyl adjacent to an activating group) is 1. The highest BCUT2D eigenvalue weighted by Gasteiger charge is 2.27. The van der Waals surface area contributed by atoms with Crippen LogP contribution in [0.2, 0.25) is 0 Å². The van der Waals surface area contributed by atoms with Crippen molar-refractivity contribution in [2.24, 2.45) is 0 Å². The van der Waals surface area contributed by atoms with Crippen molar-refractivity contribution in [3.63, 3.8) is 0 Å².